The summed E-state index contributed by atoms with van der Waals surface area (Å²) in [6.45, 7) is 0.347. The van der Waals surface area contributed by atoms with E-state index in [1.165, 1.54) is 16.1 Å². The molecule has 3 atom stereocenters. The van der Waals surface area contributed by atoms with E-state index in [4.69, 9.17) is 5.73 Å². The van der Waals surface area contributed by atoms with Gasteiger partial charge in [-0.3, -0.25) is 9.59 Å². The summed E-state index contributed by atoms with van der Waals surface area (Å²) in [5.74, 6) is -1.53. The van der Waals surface area contributed by atoms with Crippen molar-refractivity contribution in [1.29, 1.82) is 0 Å². The smallest absolute Gasteiger partial charge is 0.240 e. The van der Waals surface area contributed by atoms with Crippen LogP contribution < -0.4 is 5.73 Å². The van der Waals surface area contributed by atoms with Crippen LogP contribution in [0.1, 0.15) is 17.9 Å². The predicted molar refractivity (Wildman–Crippen MR) is 114 cm³/mol. The van der Waals surface area contributed by atoms with Crippen molar-refractivity contribution in [1.82, 2.24) is 24.4 Å². The van der Waals surface area contributed by atoms with Crippen molar-refractivity contribution >= 4 is 17.5 Å². The van der Waals surface area contributed by atoms with Gasteiger partial charge in [0.25, 0.3) is 0 Å². The standard InChI is InChI=1S/C22H25FN6O2/c1-27(2)21(30)19(20(24)22(31)28-10-9-17(23)12-28)15-5-3-14(4-6-15)16-7-8-18-25-13-26-29(18)11-16/h3-8,11,13,17,19-20H,9-10,12,24H2,1-2H3/t17-,19?,20?/m0/s1. The molecule has 2 amide bonds. The second-order valence-corrected chi connectivity index (χ2v) is 8.01. The number of benzene rings is 1. The topological polar surface area (TPSA) is 96.8 Å². The minimum Gasteiger partial charge on any atom is -0.348 e. The van der Waals surface area contributed by atoms with Crippen molar-refractivity contribution in [2.45, 2.75) is 24.6 Å². The van der Waals surface area contributed by atoms with Gasteiger partial charge < -0.3 is 15.5 Å². The fourth-order valence-corrected chi connectivity index (χ4v) is 3.92. The fourth-order valence-electron chi connectivity index (χ4n) is 3.92. The van der Waals surface area contributed by atoms with Crippen molar-refractivity contribution in [3.8, 4) is 11.1 Å². The first kappa shape index (κ1) is 20.9. The Kier molecular flexibility index (Phi) is 5.69. The Morgan fingerprint density at radius 2 is 1.87 bits per heavy atom. The summed E-state index contributed by atoms with van der Waals surface area (Å²) < 4.78 is 15.3. The van der Waals surface area contributed by atoms with Crippen LogP contribution in [0.4, 0.5) is 4.39 Å². The maximum atomic E-state index is 13.6. The number of fused-ring (bicyclic) bond motifs is 1. The molecule has 0 saturated carbocycles. The number of pyridine rings is 1. The molecule has 1 aromatic carbocycles. The number of nitrogens with zero attached hydrogens (tertiary/aromatic N) is 5. The lowest BCUT2D eigenvalue weighted by molar-refractivity contribution is -0.138. The number of amides is 2. The average Bonchev–Trinajstić information content (AvgIpc) is 3.41. The Balaban J connectivity index is 1.62. The highest BCUT2D eigenvalue weighted by molar-refractivity contribution is 5.93. The first-order valence-corrected chi connectivity index (χ1v) is 10.1. The van der Waals surface area contributed by atoms with E-state index in [-0.39, 0.29) is 12.5 Å². The van der Waals surface area contributed by atoms with E-state index in [0.717, 1.165) is 16.8 Å². The average molecular weight is 424 g/mol. The number of carbonyl (C=O) groups excluding carboxylic acids is 2. The normalized spacial score (nSPS) is 18.2. The number of hydrogen-bond acceptors (Lipinski definition) is 5. The van der Waals surface area contributed by atoms with Crippen LogP contribution in [-0.4, -0.2) is 75.6 Å². The molecule has 0 bridgehead atoms. The van der Waals surface area contributed by atoms with Gasteiger partial charge in [0.05, 0.1) is 12.5 Å². The highest BCUT2D eigenvalue weighted by atomic mass is 19.1. The van der Waals surface area contributed by atoms with Gasteiger partial charge in [0.2, 0.25) is 11.8 Å². The molecule has 162 valence electrons. The van der Waals surface area contributed by atoms with Crippen molar-refractivity contribution in [2.75, 3.05) is 27.2 Å². The summed E-state index contributed by atoms with van der Waals surface area (Å²) in [5.41, 5.74) is 9.53. The van der Waals surface area contributed by atoms with Crippen LogP contribution >= 0.6 is 0 Å². The van der Waals surface area contributed by atoms with E-state index in [0.29, 0.717) is 18.5 Å². The predicted octanol–water partition coefficient (Wildman–Crippen LogP) is 1.47. The lowest BCUT2D eigenvalue weighted by atomic mass is 9.88. The second-order valence-electron chi connectivity index (χ2n) is 8.01. The molecule has 0 radical (unpaired) electrons. The molecular formula is C22H25FN6O2. The van der Waals surface area contributed by atoms with Gasteiger partial charge in [0.15, 0.2) is 5.65 Å². The van der Waals surface area contributed by atoms with Gasteiger partial charge >= 0.3 is 0 Å². The molecule has 8 nitrogen and oxygen atoms in total. The van der Waals surface area contributed by atoms with Gasteiger partial charge in [0, 0.05) is 32.4 Å². The summed E-state index contributed by atoms with van der Waals surface area (Å²) >= 11 is 0. The Morgan fingerprint density at radius 1 is 1.16 bits per heavy atom. The molecule has 1 aliphatic rings. The van der Waals surface area contributed by atoms with Crippen LogP contribution in [0.3, 0.4) is 0 Å². The molecule has 9 heteroatoms. The number of carbonyl (C=O) groups is 2. The summed E-state index contributed by atoms with van der Waals surface area (Å²) in [7, 11) is 3.25. The number of likely N-dealkylation sites (N-methyl/N-ethyl adjacent to an activating group) is 1. The Morgan fingerprint density at radius 3 is 2.52 bits per heavy atom. The van der Waals surface area contributed by atoms with Crippen LogP contribution in [0.2, 0.25) is 0 Å². The zero-order chi connectivity index (χ0) is 22.1. The quantitative estimate of drug-likeness (QED) is 0.669. The highest BCUT2D eigenvalue weighted by Gasteiger charge is 2.37. The largest absolute Gasteiger partial charge is 0.348 e. The maximum absolute atomic E-state index is 13.6. The van der Waals surface area contributed by atoms with Gasteiger partial charge in [-0.15, -0.1) is 0 Å². The van der Waals surface area contributed by atoms with Crippen LogP contribution in [0.5, 0.6) is 0 Å². The number of aromatic nitrogens is 3. The van der Waals surface area contributed by atoms with Gasteiger partial charge in [-0.1, -0.05) is 24.3 Å². The van der Waals surface area contributed by atoms with E-state index in [2.05, 4.69) is 10.1 Å². The number of nitrogens with two attached hydrogens (primary N) is 1. The maximum Gasteiger partial charge on any atom is 0.240 e. The Hall–Kier alpha value is -3.33. The van der Waals surface area contributed by atoms with Gasteiger partial charge in [-0.05, 0) is 29.7 Å². The van der Waals surface area contributed by atoms with E-state index < -0.39 is 24.0 Å². The lowest BCUT2D eigenvalue weighted by Crippen LogP contribution is -2.50. The molecule has 1 saturated heterocycles. The SMILES string of the molecule is CN(C)C(=O)C(c1ccc(-c2ccc3ncnn3c2)cc1)C(N)C(=O)N1CC[C@H](F)C1. The van der Waals surface area contributed by atoms with Crippen LogP contribution in [0, 0.1) is 0 Å². The molecule has 3 aromatic rings. The van der Waals surface area contributed by atoms with Gasteiger partial charge in [-0.25, -0.2) is 13.9 Å². The first-order chi connectivity index (χ1) is 14.8. The minimum absolute atomic E-state index is 0.0269. The number of alkyl halides is 1. The molecule has 3 heterocycles. The van der Waals surface area contributed by atoms with Crippen molar-refractivity contribution in [3.05, 3.63) is 54.5 Å². The number of rotatable bonds is 5. The van der Waals surface area contributed by atoms with Crippen molar-refractivity contribution in [3.63, 3.8) is 0 Å². The Bertz CT molecular complexity index is 1100. The minimum atomic E-state index is -1.09. The molecule has 2 N–H and O–H groups in total. The van der Waals surface area contributed by atoms with E-state index in [1.807, 2.05) is 42.6 Å². The van der Waals surface area contributed by atoms with Crippen molar-refractivity contribution < 1.29 is 14.0 Å². The molecule has 0 aliphatic carbocycles. The first-order valence-electron chi connectivity index (χ1n) is 10.1. The molecule has 31 heavy (non-hydrogen) atoms. The Labute approximate surface area is 179 Å². The zero-order valence-electron chi connectivity index (χ0n) is 17.5. The van der Waals surface area contributed by atoms with Crippen molar-refractivity contribution in [2.24, 2.45) is 5.73 Å². The summed E-state index contributed by atoms with van der Waals surface area (Å²) in [6.07, 6.45) is 2.62. The van der Waals surface area contributed by atoms with E-state index in [9.17, 15) is 14.0 Å². The monoisotopic (exact) mass is 424 g/mol. The van der Waals surface area contributed by atoms with Crippen LogP contribution in [0.15, 0.2) is 48.9 Å². The molecule has 1 aliphatic heterocycles. The number of halogens is 1. The second kappa shape index (κ2) is 8.43. The third-order valence-electron chi connectivity index (χ3n) is 5.67. The molecule has 2 unspecified atom stereocenters. The molecule has 1 fully saturated rings. The summed E-state index contributed by atoms with van der Waals surface area (Å²) in [6, 6.07) is 10.1. The van der Waals surface area contributed by atoms with E-state index in [1.54, 1.807) is 18.6 Å². The summed E-state index contributed by atoms with van der Waals surface area (Å²) in [4.78, 5) is 32.8. The van der Waals surface area contributed by atoms with E-state index >= 15 is 0 Å². The van der Waals surface area contributed by atoms with Crippen LogP contribution in [0.25, 0.3) is 16.8 Å². The van der Waals surface area contributed by atoms with Crippen LogP contribution in [-0.2, 0) is 9.59 Å². The van der Waals surface area contributed by atoms with Gasteiger partial charge in [-0.2, -0.15) is 5.10 Å². The summed E-state index contributed by atoms with van der Waals surface area (Å²) in [5, 5.41) is 4.15. The highest BCUT2D eigenvalue weighted by Crippen LogP contribution is 2.27. The molecular weight excluding hydrogens is 399 g/mol. The third kappa shape index (κ3) is 4.13. The van der Waals surface area contributed by atoms with Gasteiger partial charge in [0.1, 0.15) is 18.5 Å². The zero-order valence-corrected chi connectivity index (χ0v) is 17.5. The lowest BCUT2D eigenvalue weighted by Gasteiger charge is -2.28. The molecule has 2 aromatic heterocycles. The number of likely N-dealkylation sites (tertiary alicyclic amines) is 1. The molecule has 4 rings (SSSR count). The molecule has 0 spiro atoms. The fraction of sp³-hybridized carbons (Fsp3) is 0.364. The number of hydrogen-bond donors (Lipinski definition) is 1. The third-order valence-corrected chi connectivity index (χ3v) is 5.67.